The zero-order chi connectivity index (χ0) is 14.9. The monoisotopic (exact) mass is 312 g/mol. The van der Waals surface area contributed by atoms with E-state index in [1.807, 2.05) is 20.8 Å². The van der Waals surface area contributed by atoms with E-state index >= 15 is 0 Å². The van der Waals surface area contributed by atoms with Gasteiger partial charge in [0, 0.05) is 11.8 Å². The fourth-order valence-electron chi connectivity index (χ4n) is 1.78. The van der Waals surface area contributed by atoms with Gasteiger partial charge in [0.15, 0.2) is 0 Å². The first-order valence-electron chi connectivity index (χ1n) is 6.24. The average molecular weight is 313 g/mol. The maximum absolute atomic E-state index is 13.9. The van der Waals surface area contributed by atoms with Crippen molar-refractivity contribution in [2.24, 2.45) is 0 Å². The van der Waals surface area contributed by atoms with Gasteiger partial charge in [-0.25, -0.2) is 14.4 Å². The van der Waals surface area contributed by atoms with Crippen LogP contribution in [0.5, 0.6) is 0 Å². The van der Waals surface area contributed by atoms with E-state index in [9.17, 15) is 4.39 Å². The van der Waals surface area contributed by atoms with E-state index in [0.29, 0.717) is 16.5 Å². The van der Waals surface area contributed by atoms with Crippen molar-refractivity contribution in [2.45, 2.75) is 32.6 Å². The molecule has 1 heterocycles. The zero-order valence-corrected chi connectivity index (χ0v) is 13.1. The maximum atomic E-state index is 13.9. The first-order valence-corrected chi connectivity index (χ1v) is 7.00. The van der Waals surface area contributed by atoms with Crippen LogP contribution >= 0.6 is 23.2 Å². The third-order valence-corrected chi connectivity index (χ3v) is 3.38. The number of hydrogen-bond acceptors (Lipinski definition) is 2. The topological polar surface area (TPSA) is 25.8 Å². The van der Waals surface area contributed by atoms with Crippen LogP contribution < -0.4 is 0 Å². The molecule has 0 spiro atoms. The standard InChI is InChI=1S/C15H15Cl2FN2/c1-15(2,3)11-8-12(17)20-13(19-11)7-9-5-4-6-10(16)14(9)18/h4-6,8H,7H2,1-3H3. The molecule has 2 rings (SSSR count). The minimum absolute atomic E-state index is 0.0978. The van der Waals surface area contributed by atoms with Crippen molar-refractivity contribution in [1.29, 1.82) is 0 Å². The molecular formula is C15H15Cl2FN2. The molecule has 0 N–H and O–H groups in total. The van der Waals surface area contributed by atoms with Crippen LogP contribution in [0.1, 0.15) is 37.9 Å². The molecule has 0 radical (unpaired) electrons. The molecule has 0 aliphatic heterocycles. The maximum Gasteiger partial charge on any atom is 0.145 e. The Morgan fingerprint density at radius 2 is 1.85 bits per heavy atom. The van der Waals surface area contributed by atoms with E-state index in [1.54, 1.807) is 18.2 Å². The Morgan fingerprint density at radius 3 is 2.50 bits per heavy atom. The van der Waals surface area contributed by atoms with E-state index in [1.165, 1.54) is 6.07 Å². The molecule has 20 heavy (non-hydrogen) atoms. The number of halogens is 3. The molecule has 0 unspecified atom stereocenters. The van der Waals surface area contributed by atoms with Crippen molar-refractivity contribution < 1.29 is 4.39 Å². The lowest BCUT2D eigenvalue weighted by Gasteiger charge is -2.18. The number of rotatable bonds is 2. The molecular weight excluding hydrogens is 298 g/mol. The summed E-state index contributed by atoms with van der Waals surface area (Å²) in [6, 6.07) is 6.62. The van der Waals surface area contributed by atoms with Crippen molar-refractivity contribution in [3.05, 3.63) is 57.3 Å². The van der Waals surface area contributed by atoms with E-state index in [2.05, 4.69) is 9.97 Å². The molecule has 5 heteroatoms. The molecule has 0 aliphatic rings. The molecule has 2 nitrogen and oxygen atoms in total. The molecule has 106 valence electrons. The molecule has 0 amide bonds. The van der Waals surface area contributed by atoms with Gasteiger partial charge in [0.2, 0.25) is 0 Å². The van der Waals surface area contributed by atoms with Crippen LogP contribution in [0.2, 0.25) is 10.2 Å². The third-order valence-electron chi connectivity index (χ3n) is 2.89. The Kier molecular flexibility index (Phi) is 4.31. The Labute approximate surface area is 128 Å². The van der Waals surface area contributed by atoms with Crippen LogP contribution in [0.4, 0.5) is 4.39 Å². The lowest BCUT2D eigenvalue weighted by Crippen LogP contribution is -2.15. The molecule has 0 saturated carbocycles. The van der Waals surface area contributed by atoms with Crippen molar-refractivity contribution >= 4 is 23.2 Å². The van der Waals surface area contributed by atoms with Gasteiger partial charge in [-0.05, 0) is 17.7 Å². The van der Waals surface area contributed by atoms with Crippen molar-refractivity contribution in [1.82, 2.24) is 9.97 Å². The van der Waals surface area contributed by atoms with Gasteiger partial charge in [-0.2, -0.15) is 0 Å². The molecule has 1 aromatic carbocycles. The summed E-state index contributed by atoms with van der Waals surface area (Å²) >= 11 is 11.8. The van der Waals surface area contributed by atoms with Gasteiger partial charge in [0.1, 0.15) is 16.8 Å². The summed E-state index contributed by atoms with van der Waals surface area (Å²) in [6.45, 7) is 6.11. The second-order valence-electron chi connectivity index (χ2n) is 5.63. The molecule has 0 fully saturated rings. The summed E-state index contributed by atoms with van der Waals surface area (Å²) in [5, 5.41) is 0.461. The van der Waals surface area contributed by atoms with Gasteiger partial charge in [-0.1, -0.05) is 56.1 Å². The summed E-state index contributed by atoms with van der Waals surface area (Å²) < 4.78 is 13.9. The molecule has 0 saturated heterocycles. The average Bonchev–Trinajstić information content (AvgIpc) is 2.33. The third kappa shape index (κ3) is 3.47. The summed E-state index contributed by atoms with van der Waals surface area (Å²) in [7, 11) is 0. The predicted octanol–water partition coefficient (Wildman–Crippen LogP) is 4.81. The second kappa shape index (κ2) is 5.66. The van der Waals surface area contributed by atoms with Gasteiger partial charge >= 0.3 is 0 Å². The smallest absolute Gasteiger partial charge is 0.145 e. The van der Waals surface area contributed by atoms with Crippen LogP contribution in [0, 0.1) is 5.82 Å². The normalized spacial score (nSPS) is 11.7. The molecule has 2 aromatic rings. The molecule has 0 bridgehead atoms. The first-order chi connectivity index (χ1) is 9.27. The fourth-order valence-corrected chi connectivity index (χ4v) is 2.18. The van der Waals surface area contributed by atoms with Crippen molar-refractivity contribution in [3.8, 4) is 0 Å². The van der Waals surface area contributed by atoms with E-state index in [-0.39, 0.29) is 16.9 Å². The number of benzene rings is 1. The predicted molar refractivity (Wildman–Crippen MR) is 80.0 cm³/mol. The van der Waals surface area contributed by atoms with Gasteiger partial charge in [-0.15, -0.1) is 0 Å². The van der Waals surface area contributed by atoms with Crippen LogP contribution in [-0.4, -0.2) is 9.97 Å². The van der Waals surface area contributed by atoms with Crippen molar-refractivity contribution in [2.75, 3.05) is 0 Å². The highest BCUT2D eigenvalue weighted by Crippen LogP contribution is 2.24. The highest BCUT2D eigenvalue weighted by atomic mass is 35.5. The quantitative estimate of drug-likeness (QED) is 0.744. The summed E-state index contributed by atoms with van der Waals surface area (Å²) in [5.41, 5.74) is 1.14. The fraction of sp³-hybridized carbons (Fsp3) is 0.333. The summed E-state index contributed by atoms with van der Waals surface area (Å²) in [6.07, 6.45) is 0.260. The van der Waals surface area contributed by atoms with E-state index in [0.717, 1.165) is 5.69 Å². The lowest BCUT2D eigenvalue weighted by atomic mass is 9.92. The second-order valence-corrected chi connectivity index (χ2v) is 6.43. The summed E-state index contributed by atoms with van der Waals surface area (Å²) in [4.78, 5) is 8.62. The van der Waals surface area contributed by atoms with Crippen LogP contribution in [0.25, 0.3) is 0 Å². The van der Waals surface area contributed by atoms with E-state index < -0.39 is 5.82 Å². The molecule has 0 aliphatic carbocycles. The Morgan fingerprint density at radius 1 is 1.15 bits per heavy atom. The minimum atomic E-state index is -0.435. The Balaban J connectivity index is 2.39. The van der Waals surface area contributed by atoms with Gasteiger partial charge < -0.3 is 0 Å². The minimum Gasteiger partial charge on any atom is -0.237 e. The van der Waals surface area contributed by atoms with Gasteiger partial charge in [0.05, 0.1) is 10.7 Å². The number of nitrogens with zero attached hydrogens (tertiary/aromatic N) is 2. The van der Waals surface area contributed by atoms with Gasteiger partial charge in [0.25, 0.3) is 0 Å². The first kappa shape index (κ1) is 15.2. The van der Waals surface area contributed by atoms with E-state index in [4.69, 9.17) is 23.2 Å². The highest BCUT2D eigenvalue weighted by Gasteiger charge is 2.18. The zero-order valence-electron chi connectivity index (χ0n) is 11.5. The number of hydrogen-bond donors (Lipinski definition) is 0. The lowest BCUT2D eigenvalue weighted by molar-refractivity contribution is 0.561. The largest absolute Gasteiger partial charge is 0.237 e. The van der Waals surface area contributed by atoms with Crippen molar-refractivity contribution in [3.63, 3.8) is 0 Å². The molecule has 0 atom stereocenters. The number of aromatic nitrogens is 2. The van der Waals surface area contributed by atoms with Crippen LogP contribution in [-0.2, 0) is 11.8 Å². The Hall–Kier alpha value is -1.19. The summed E-state index contributed by atoms with van der Waals surface area (Å²) in [5.74, 6) is 0.0543. The SMILES string of the molecule is CC(C)(C)c1cc(Cl)nc(Cc2cccc(Cl)c2F)n1. The highest BCUT2D eigenvalue weighted by molar-refractivity contribution is 6.30. The van der Waals surface area contributed by atoms with Crippen LogP contribution in [0.15, 0.2) is 24.3 Å². The Bertz CT molecular complexity index is 636. The van der Waals surface area contributed by atoms with Crippen LogP contribution in [0.3, 0.4) is 0 Å². The molecule has 1 aromatic heterocycles. The van der Waals surface area contributed by atoms with Gasteiger partial charge in [-0.3, -0.25) is 0 Å².